The molecular weight excluding hydrogens is 308 g/mol. The monoisotopic (exact) mass is 330 g/mol. The number of hydrogen-bond donors (Lipinski definition) is 0. The number of nitrogens with zero attached hydrogens (tertiary/aromatic N) is 2. The smallest absolute Gasteiger partial charge is 0.0732 e. The van der Waals surface area contributed by atoms with Gasteiger partial charge in [0.1, 0.15) is 0 Å². The average molecular weight is 330 g/mol. The molecular formula is C18H22N2O2S. The van der Waals surface area contributed by atoms with Gasteiger partial charge in [0.2, 0.25) is 0 Å². The van der Waals surface area contributed by atoms with E-state index in [2.05, 4.69) is 33.5 Å². The highest BCUT2D eigenvalue weighted by atomic mass is 32.1. The summed E-state index contributed by atoms with van der Waals surface area (Å²) >= 11 is 1.84. The van der Waals surface area contributed by atoms with Crippen molar-refractivity contribution >= 4 is 11.3 Å². The van der Waals surface area contributed by atoms with Gasteiger partial charge in [-0.05, 0) is 23.1 Å². The summed E-state index contributed by atoms with van der Waals surface area (Å²) in [5, 5.41) is 2.15. The van der Waals surface area contributed by atoms with E-state index in [0.717, 1.165) is 45.0 Å². The van der Waals surface area contributed by atoms with Gasteiger partial charge in [-0.25, -0.2) is 0 Å². The Morgan fingerprint density at radius 3 is 3.22 bits per heavy atom. The van der Waals surface area contributed by atoms with Crippen molar-refractivity contribution in [3.05, 3.63) is 52.5 Å². The first-order valence-electron chi connectivity index (χ1n) is 8.13. The zero-order valence-electron chi connectivity index (χ0n) is 13.2. The molecule has 0 radical (unpaired) electrons. The molecule has 4 nitrogen and oxygen atoms in total. The Labute approximate surface area is 141 Å². The minimum Gasteiger partial charge on any atom is -0.380 e. The van der Waals surface area contributed by atoms with Crippen LogP contribution in [-0.2, 0) is 22.6 Å². The summed E-state index contributed by atoms with van der Waals surface area (Å²) in [5.74, 6) is 0.594. The molecule has 2 aromatic rings. The van der Waals surface area contributed by atoms with Gasteiger partial charge in [-0.3, -0.25) is 9.88 Å². The quantitative estimate of drug-likeness (QED) is 0.816. The molecule has 2 aliphatic rings. The van der Waals surface area contributed by atoms with E-state index in [1.165, 1.54) is 4.88 Å². The fourth-order valence-electron chi connectivity index (χ4n) is 3.75. The summed E-state index contributed by atoms with van der Waals surface area (Å²) < 4.78 is 11.8. The van der Waals surface area contributed by atoms with Gasteiger partial charge in [0.15, 0.2) is 0 Å². The summed E-state index contributed by atoms with van der Waals surface area (Å²) in [6.07, 6.45) is 3.67. The van der Waals surface area contributed by atoms with Crippen LogP contribution in [0.1, 0.15) is 10.4 Å². The van der Waals surface area contributed by atoms with E-state index >= 15 is 0 Å². The normalized spacial score (nSPS) is 27.4. The van der Waals surface area contributed by atoms with Gasteiger partial charge in [-0.1, -0.05) is 12.1 Å². The predicted molar refractivity (Wildman–Crippen MR) is 90.2 cm³/mol. The number of pyridine rings is 1. The van der Waals surface area contributed by atoms with Crippen molar-refractivity contribution in [3.63, 3.8) is 0 Å². The molecule has 4 rings (SSSR count). The summed E-state index contributed by atoms with van der Waals surface area (Å²) in [7, 11) is 0. The molecule has 2 saturated heterocycles. The highest BCUT2D eigenvalue weighted by molar-refractivity contribution is 7.09. The van der Waals surface area contributed by atoms with Crippen molar-refractivity contribution in [1.82, 2.24) is 9.88 Å². The lowest BCUT2D eigenvalue weighted by molar-refractivity contribution is 0.0182. The van der Waals surface area contributed by atoms with E-state index in [1.807, 2.05) is 23.6 Å². The highest BCUT2D eigenvalue weighted by Gasteiger charge is 2.50. The van der Waals surface area contributed by atoms with Crippen LogP contribution in [0.2, 0.25) is 0 Å². The highest BCUT2D eigenvalue weighted by Crippen LogP contribution is 2.42. The lowest BCUT2D eigenvalue weighted by Crippen LogP contribution is -2.35. The zero-order valence-corrected chi connectivity index (χ0v) is 14.0. The van der Waals surface area contributed by atoms with Crippen molar-refractivity contribution in [2.45, 2.75) is 13.2 Å². The Hall–Kier alpha value is -1.27. The zero-order chi connectivity index (χ0) is 15.5. The van der Waals surface area contributed by atoms with Gasteiger partial charge < -0.3 is 9.47 Å². The standard InChI is InChI=1S/C18H22N2O2S/c1-3-15(7-19-5-1)10-21-13-18-12-20(8-16(18)11-22-14-18)9-17-4-2-6-23-17/h1-7,16H,8-14H2/t16-,18-/m1/s1. The molecule has 0 aliphatic carbocycles. The summed E-state index contributed by atoms with van der Waals surface area (Å²) in [4.78, 5) is 8.15. The lowest BCUT2D eigenvalue weighted by Gasteiger charge is -2.27. The second-order valence-electron chi connectivity index (χ2n) is 6.68. The van der Waals surface area contributed by atoms with Crippen molar-refractivity contribution < 1.29 is 9.47 Å². The van der Waals surface area contributed by atoms with Crippen molar-refractivity contribution in [2.24, 2.45) is 11.3 Å². The van der Waals surface area contributed by atoms with Crippen LogP contribution in [0.3, 0.4) is 0 Å². The molecule has 2 atom stereocenters. The molecule has 5 heteroatoms. The maximum absolute atomic E-state index is 6.05. The Kier molecular flexibility index (Phi) is 4.44. The van der Waals surface area contributed by atoms with Crippen LogP contribution in [0, 0.1) is 11.3 Å². The second-order valence-corrected chi connectivity index (χ2v) is 7.71. The SMILES string of the molecule is c1cncc(COC[C@]23COC[C@H]2CN(Cc2cccs2)C3)c1. The summed E-state index contributed by atoms with van der Waals surface area (Å²) in [6.45, 7) is 6.35. The third kappa shape index (κ3) is 3.33. The molecule has 0 N–H and O–H groups in total. The largest absolute Gasteiger partial charge is 0.380 e. The number of likely N-dealkylation sites (tertiary alicyclic amines) is 1. The third-order valence-corrected chi connectivity index (χ3v) is 5.79. The van der Waals surface area contributed by atoms with Crippen molar-refractivity contribution in [2.75, 3.05) is 32.9 Å². The first kappa shape index (κ1) is 15.3. The number of thiophene rings is 1. The van der Waals surface area contributed by atoms with Crippen LogP contribution in [0.5, 0.6) is 0 Å². The van der Waals surface area contributed by atoms with Crippen LogP contribution in [0.25, 0.3) is 0 Å². The maximum Gasteiger partial charge on any atom is 0.0732 e. The maximum atomic E-state index is 6.05. The molecule has 2 aliphatic heterocycles. The first-order valence-corrected chi connectivity index (χ1v) is 9.01. The number of ether oxygens (including phenoxy) is 2. The third-order valence-electron chi connectivity index (χ3n) is 4.93. The van der Waals surface area contributed by atoms with E-state index in [-0.39, 0.29) is 5.41 Å². The summed E-state index contributed by atoms with van der Waals surface area (Å²) in [6, 6.07) is 8.37. The average Bonchev–Trinajstić information content (AvgIpc) is 3.25. The van der Waals surface area contributed by atoms with E-state index < -0.39 is 0 Å². The van der Waals surface area contributed by atoms with E-state index in [9.17, 15) is 0 Å². The Balaban J connectivity index is 1.35. The van der Waals surface area contributed by atoms with Crippen LogP contribution in [0.15, 0.2) is 42.0 Å². The Morgan fingerprint density at radius 2 is 2.39 bits per heavy atom. The van der Waals surface area contributed by atoms with E-state index in [4.69, 9.17) is 9.47 Å². The minimum atomic E-state index is 0.166. The van der Waals surface area contributed by atoms with Gasteiger partial charge in [-0.15, -0.1) is 11.3 Å². The number of aromatic nitrogens is 1. The molecule has 4 heterocycles. The van der Waals surface area contributed by atoms with Gasteiger partial charge in [0.25, 0.3) is 0 Å². The van der Waals surface area contributed by atoms with Gasteiger partial charge in [0, 0.05) is 48.2 Å². The Morgan fingerprint density at radius 1 is 1.39 bits per heavy atom. The molecule has 0 amide bonds. The van der Waals surface area contributed by atoms with Crippen LogP contribution in [-0.4, -0.2) is 42.8 Å². The van der Waals surface area contributed by atoms with Crippen molar-refractivity contribution in [3.8, 4) is 0 Å². The number of fused-ring (bicyclic) bond motifs is 1. The molecule has 23 heavy (non-hydrogen) atoms. The van der Waals surface area contributed by atoms with Gasteiger partial charge in [0.05, 0.1) is 26.4 Å². The molecule has 0 spiro atoms. The Bertz CT molecular complexity index is 619. The van der Waals surface area contributed by atoms with Crippen LogP contribution >= 0.6 is 11.3 Å². The molecule has 0 aromatic carbocycles. The first-order chi connectivity index (χ1) is 11.3. The molecule has 2 fully saturated rings. The topological polar surface area (TPSA) is 34.6 Å². The van der Waals surface area contributed by atoms with Gasteiger partial charge >= 0.3 is 0 Å². The molecule has 0 saturated carbocycles. The molecule has 122 valence electrons. The lowest BCUT2D eigenvalue weighted by atomic mass is 9.82. The number of hydrogen-bond acceptors (Lipinski definition) is 5. The fourth-order valence-corrected chi connectivity index (χ4v) is 4.49. The predicted octanol–water partition coefficient (Wildman–Crippen LogP) is 2.81. The second kappa shape index (κ2) is 6.69. The molecule has 0 bridgehead atoms. The molecule has 2 aromatic heterocycles. The molecule has 0 unspecified atom stereocenters. The summed E-state index contributed by atoms with van der Waals surface area (Å²) in [5.41, 5.74) is 1.30. The van der Waals surface area contributed by atoms with Gasteiger partial charge in [-0.2, -0.15) is 0 Å². The van der Waals surface area contributed by atoms with Crippen LogP contribution < -0.4 is 0 Å². The van der Waals surface area contributed by atoms with E-state index in [1.54, 1.807) is 6.20 Å². The minimum absolute atomic E-state index is 0.166. The fraction of sp³-hybridized carbons (Fsp3) is 0.500. The van der Waals surface area contributed by atoms with Crippen LogP contribution in [0.4, 0.5) is 0 Å². The van der Waals surface area contributed by atoms with Crippen molar-refractivity contribution in [1.29, 1.82) is 0 Å². The number of rotatable bonds is 6. The van der Waals surface area contributed by atoms with E-state index in [0.29, 0.717) is 12.5 Å².